The summed E-state index contributed by atoms with van der Waals surface area (Å²) in [7, 11) is 0. The van der Waals surface area contributed by atoms with E-state index < -0.39 is 11.2 Å². The number of aliphatic carboxylic acids is 1. The first-order valence-corrected chi connectivity index (χ1v) is 4.34. The molecule has 1 heterocycles. The molecule has 1 saturated heterocycles. The van der Waals surface area contributed by atoms with Crippen LogP contribution in [0.3, 0.4) is 0 Å². The summed E-state index contributed by atoms with van der Waals surface area (Å²) in [6, 6.07) is 0. The van der Waals surface area contributed by atoms with E-state index in [1.165, 1.54) is 11.8 Å². The maximum Gasteiger partial charge on any atom is 0.233 e. The normalized spacial score (nSPS) is 24.4. The van der Waals surface area contributed by atoms with Crippen LogP contribution in [0.1, 0.15) is 6.42 Å². The van der Waals surface area contributed by atoms with Gasteiger partial charge in [0.1, 0.15) is 0 Å². The quantitative estimate of drug-likeness (QED) is 0.545. The standard InChI is InChI=1S/C6H9NO3S/c8-5(9)3-4-6(10)7-1-2-11-4/h4H,1-3H2,(H,7,10)(H,8,9)/p-1/t4-/m1/s1. The van der Waals surface area contributed by atoms with Gasteiger partial charge >= 0.3 is 0 Å². The Bertz CT molecular complexity index is 183. The molecule has 4 nitrogen and oxygen atoms in total. The summed E-state index contributed by atoms with van der Waals surface area (Å²) in [4.78, 5) is 21.0. The van der Waals surface area contributed by atoms with E-state index in [4.69, 9.17) is 0 Å². The van der Waals surface area contributed by atoms with Crippen molar-refractivity contribution in [2.75, 3.05) is 12.3 Å². The van der Waals surface area contributed by atoms with E-state index in [-0.39, 0.29) is 12.3 Å². The Morgan fingerprint density at radius 2 is 2.55 bits per heavy atom. The van der Waals surface area contributed by atoms with Crippen LogP contribution in [0.4, 0.5) is 0 Å². The first-order chi connectivity index (χ1) is 5.20. The van der Waals surface area contributed by atoms with Crippen LogP contribution < -0.4 is 10.4 Å². The summed E-state index contributed by atoms with van der Waals surface area (Å²) in [6.45, 7) is 0.632. The van der Waals surface area contributed by atoms with Crippen LogP contribution in [0.2, 0.25) is 0 Å². The maximum absolute atomic E-state index is 10.9. The predicted octanol–water partition coefficient (Wildman–Crippen LogP) is -1.64. The lowest BCUT2D eigenvalue weighted by molar-refractivity contribution is -0.305. The Balaban J connectivity index is 2.42. The topological polar surface area (TPSA) is 69.2 Å². The number of amides is 1. The first kappa shape index (κ1) is 8.39. The fraction of sp³-hybridized carbons (Fsp3) is 0.667. The molecule has 1 atom stereocenters. The van der Waals surface area contributed by atoms with Crippen LogP contribution in [0.5, 0.6) is 0 Å². The van der Waals surface area contributed by atoms with E-state index in [0.29, 0.717) is 6.54 Å². The van der Waals surface area contributed by atoms with E-state index in [1.807, 2.05) is 0 Å². The van der Waals surface area contributed by atoms with Gasteiger partial charge in [-0.2, -0.15) is 0 Å². The van der Waals surface area contributed by atoms with E-state index in [0.717, 1.165) is 5.75 Å². The van der Waals surface area contributed by atoms with Gasteiger partial charge in [-0.3, -0.25) is 4.79 Å². The predicted molar refractivity (Wildman–Crippen MR) is 38.9 cm³/mol. The van der Waals surface area contributed by atoms with Gasteiger partial charge in [-0.25, -0.2) is 0 Å². The fourth-order valence-electron chi connectivity index (χ4n) is 0.868. The monoisotopic (exact) mass is 174 g/mol. The molecule has 0 spiro atoms. The number of rotatable bonds is 2. The highest BCUT2D eigenvalue weighted by Gasteiger charge is 2.21. The highest BCUT2D eigenvalue weighted by Crippen LogP contribution is 2.16. The summed E-state index contributed by atoms with van der Waals surface area (Å²) in [5.41, 5.74) is 0. The maximum atomic E-state index is 10.9. The van der Waals surface area contributed by atoms with Crippen LogP contribution in [0, 0.1) is 0 Å². The zero-order valence-corrected chi connectivity index (χ0v) is 6.65. The van der Waals surface area contributed by atoms with Crippen molar-refractivity contribution in [1.82, 2.24) is 5.32 Å². The summed E-state index contributed by atoms with van der Waals surface area (Å²) in [5.74, 6) is -0.575. The molecular formula is C6H8NO3S-. The number of hydrogen-bond donors (Lipinski definition) is 1. The molecule has 1 amide bonds. The zero-order valence-electron chi connectivity index (χ0n) is 5.83. The summed E-state index contributed by atoms with van der Waals surface area (Å²) in [5, 5.41) is 12.2. The number of carboxylic acids is 1. The van der Waals surface area contributed by atoms with Crippen molar-refractivity contribution in [3.05, 3.63) is 0 Å². The second-order valence-corrected chi connectivity index (χ2v) is 3.54. The summed E-state index contributed by atoms with van der Waals surface area (Å²) in [6.07, 6.45) is -0.184. The Morgan fingerprint density at radius 1 is 1.82 bits per heavy atom. The average molecular weight is 174 g/mol. The number of nitrogens with one attached hydrogen (secondary N) is 1. The molecule has 0 aromatic heterocycles. The molecule has 0 aliphatic carbocycles. The number of hydrogen-bond acceptors (Lipinski definition) is 4. The minimum atomic E-state index is -1.17. The zero-order chi connectivity index (χ0) is 8.27. The first-order valence-electron chi connectivity index (χ1n) is 3.29. The molecule has 0 aromatic rings. The summed E-state index contributed by atoms with van der Waals surface area (Å²) >= 11 is 1.37. The van der Waals surface area contributed by atoms with E-state index in [2.05, 4.69) is 5.32 Å². The van der Waals surface area contributed by atoms with Gasteiger partial charge in [0.15, 0.2) is 0 Å². The molecule has 1 fully saturated rings. The molecular weight excluding hydrogens is 166 g/mol. The number of carbonyl (C=O) groups excluding carboxylic acids is 2. The van der Waals surface area contributed by atoms with Crippen molar-refractivity contribution < 1.29 is 14.7 Å². The molecule has 1 aliphatic rings. The van der Waals surface area contributed by atoms with E-state index >= 15 is 0 Å². The molecule has 1 aliphatic heterocycles. The Labute approximate surface area is 68.3 Å². The Hall–Kier alpha value is -0.710. The van der Waals surface area contributed by atoms with Crippen molar-refractivity contribution in [1.29, 1.82) is 0 Å². The third-order valence-corrected chi connectivity index (χ3v) is 2.59. The van der Waals surface area contributed by atoms with Crippen LogP contribution in [0.15, 0.2) is 0 Å². The van der Waals surface area contributed by atoms with Gasteiger partial charge in [0.2, 0.25) is 5.91 Å². The van der Waals surface area contributed by atoms with Crippen molar-refractivity contribution in [3.63, 3.8) is 0 Å². The van der Waals surface area contributed by atoms with Crippen molar-refractivity contribution >= 4 is 23.6 Å². The molecule has 11 heavy (non-hydrogen) atoms. The third kappa shape index (κ3) is 2.42. The van der Waals surface area contributed by atoms with Gasteiger partial charge in [-0.1, -0.05) is 0 Å². The van der Waals surface area contributed by atoms with Crippen molar-refractivity contribution in [3.8, 4) is 0 Å². The second kappa shape index (κ2) is 3.61. The number of carboxylic acid groups (broad SMARTS) is 1. The molecule has 0 bridgehead atoms. The smallest absolute Gasteiger partial charge is 0.233 e. The van der Waals surface area contributed by atoms with Crippen LogP contribution >= 0.6 is 11.8 Å². The SMILES string of the molecule is O=C([O-])C[C@H]1SCCNC1=O. The second-order valence-electron chi connectivity index (χ2n) is 2.23. The van der Waals surface area contributed by atoms with Gasteiger partial charge in [-0.15, -0.1) is 11.8 Å². The lowest BCUT2D eigenvalue weighted by atomic mass is 10.3. The molecule has 0 radical (unpaired) electrons. The fourth-order valence-corrected chi connectivity index (χ4v) is 1.86. The lowest BCUT2D eigenvalue weighted by Gasteiger charge is -2.21. The highest BCUT2D eigenvalue weighted by molar-refractivity contribution is 8.00. The van der Waals surface area contributed by atoms with Crippen molar-refractivity contribution in [2.24, 2.45) is 0 Å². The minimum absolute atomic E-state index is 0.184. The molecule has 5 heteroatoms. The van der Waals surface area contributed by atoms with Crippen LogP contribution in [0.25, 0.3) is 0 Å². The minimum Gasteiger partial charge on any atom is -0.550 e. The molecule has 62 valence electrons. The van der Waals surface area contributed by atoms with Gasteiger partial charge in [-0.05, 0) is 0 Å². The third-order valence-electron chi connectivity index (χ3n) is 1.36. The number of carbonyl (C=O) groups is 2. The molecule has 0 unspecified atom stereocenters. The molecule has 1 N–H and O–H groups in total. The lowest BCUT2D eigenvalue weighted by Crippen LogP contribution is -2.42. The molecule has 1 rings (SSSR count). The van der Waals surface area contributed by atoms with Crippen LogP contribution in [-0.2, 0) is 9.59 Å². The van der Waals surface area contributed by atoms with E-state index in [9.17, 15) is 14.7 Å². The average Bonchev–Trinajstić information content (AvgIpc) is 1.93. The summed E-state index contributed by atoms with van der Waals surface area (Å²) < 4.78 is 0. The van der Waals surface area contributed by atoms with E-state index in [1.54, 1.807) is 0 Å². The molecule has 0 aromatic carbocycles. The van der Waals surface area contributed by atoms with Gasteiger partial charge in [0, 0.05) is 24.7 Å². The Kier molecular flexibility index (Phi) is 2.76. The largest absolute Gasteiger partial charge is 0.550 e. The van der Waals surface area contributed by atoms with Gasteiger partial charge in [0.25, 0.3) is 0 Å². The van der Waals surface area contributed by atoms with Crippen LogP contribution in [-0.4, -0.2) is 29.4 Å². The highest BCUT2D eigenvalue weighted by atomic mass is 32.2. The number of thioether (sulfide) groups is 1. The Morgan fingerprint density at radius 3 is 3.09 bits per heavy atom. The molecule has 0 saturated carbocycles. The van der Waals surface area contributed by atoms with Gasteiger partial charge < -0.3 is 15.2 Å². The van der Waals surface area contributed by atoms with Gasteiger partial charge in [0.05, 0.1) is 5.25 Å². The van der Waals surface area contributed by atoms with Crippen molar-refractivity contribution in [2.45, 2.75) is 11.7 Å².